The van der Waals surface area contributed by atoms with Crippen molar-refractivity contribution < 1.29 is 14.3 Å². The lowest BCUT2D eigenvalue weighted by Gasteiger charge is -2.20. The third kappa shape index (κ3) is 4.26. The number of methoxy groups -OCH3 is 1. The summed E-state index contributed by atoms with van der Waals surface area (Å²) >= 11 is 0. The molecular formula is C18H27N3O3. The maximum absolute atomic E-state index is 12.4. The Hall–Kier alpha value is -2.08. The first-order chi connectivity index (χ1) is 11.5. The molecule has 1 aromatic carbocycles. The summed E-state index contributed by atoms with van der Waals surface area (Å²) in [6, 6.07) is 5.72. The molecular weight excluding hydrogens is 306 g/mol. The van der Waals surface area contributed by atoms with Gasteiger partial charge in [0, 0.05) is 26.1 Å². The number of benzene rings is 1. The third-order valence-electron chi connectivity index (χ3n) is 4.45. The number of anilines is 1. The van der Waals surface area contributed by atoms with Crippen LogP contribution < -0.4 is 15.0 Å². The van der Waals surface area contributed by atoms with Crippen LogP contribution in [0.25, 0.3) is 0 Å². The van der Waals surface area contributed by atoms with Crippen molar-refractivity contribution in [1.82, 2.24) is 10.2 Å². The standard InChI is InChI=1S/C18H27N3O3/c1-5-20(3)9-8-19-18(23)14-11-17(22)21(12-14)15-10-13(2)6-7-16(15)24-4/h6-7,10,14H,5,8-9,11-12H2,1-4H3,(H,19,23)/t14-/m0/s1. The number of hydrogen-bond donors (Lipinski definition) is 1. The highest BCUT2D eigenvalue weighted by molar-refractivity contribution is 6.01. The summed E-state index contributed by atoms with van der Waals surface area (Å²) in [6.45, 7) is 6.79. The van der Waals surface area contributed by atoms with Crippen LogP contribution in [0.2, 0.25) is 0 Å². The Bertz CT molecular complexity index is 603. The largest absolute Gasteiger partial charge is 0.495 e. The van der Waals surface area contributed by atoms with Crippen LogP contribution in [0, 0.1) is 12.8 Å². The van der Waals surface area contributed by atoms with E-state index < -0.39 is 0 Å². The number of carbonyl (C=O) groups excluding carboxylic acids is 2. The van der Waals surface area contributed by atoms with Gasteiger partial charge in [0.05, 0.1) is 18.7 Å². The predicted molar refractivity (Wildman–Crippen MR) is 94.4 cm³/mol. The molecule has 0 aliphatic carbocycles. The Labute approximate surface area is 143 Å². The summed E-state index contributed by atoms with van der Waals surface area (Å²) < 4.78 is 5.36. The van der Waals surface area contributed by atoms with E-state index in [2.05, 4.69) is 17.1 Å². The fourth-order valence-electron chi connectivity index (χ4n) is 2.80. The smallest absolute Gasteiger partial charge is 0.227 e. The second-order valence-electron chi connectivity index (χ2n) is 6.27. The highest BCUT2D eigenvalue weighted by atomic mass is 16.5. The summed E-state index contributed by atoms with van der Waals surface area (Å²) in [5.41, 5.74) is 1.79. The van der Waals surface area contributed by atoms with Gasteiger partial charge in [-0.25, -0.2) is 0 Å². The number of rotatable bonds is 7. The molecule has 0 bridgehead atoms. The van der Waals surface area contributed by atoms with Gasteiger partial charge in [-0.3, -0.25) is 9.59 Å². The lowest BCUT2D eigenvalue weighted by molar-refractivity contribution is -0.126. The molecule has 1 N–H and O–H groups in total. The van der Waals surface area contributed by atoms with E-state index in [1.165, 1.54) is 0 Å². The first kappa shape index (κ1) is 18.3. The van der Waals surface area contributed by atoms with Crippen LogP contribution in [0.15, 0.2) is 18.2 Å². The van der Waals surface area contributed by atoms with E-state index >= 15 is 0 Å². The molecule has 1 atom stereocenters. The van der Waals surface area contributed by atoms with Gasteiger partial charge >= 0.3 is 0 Å². The second-order valence-corrected chi connectivity index (χ2v) is 6.27. The van der Waals surface area contributed by atoms with Gasteiger partial charge in [-0.2, -0.15) is 0 Å². The number of carbonyl (C=O) groups is 2. The zero-order valence-electron chi connectivity index (χ0n) is 15.0. The first-order valence-corrected chi connectivity index (χ1v) is 8.37. The van der Waals surface area contributed by atoms with E-state index in [4.69, 9.17) is 4.74 Å². The van der Waals surface area contributed by atoms with E-state index in [1.807, 2.05) is 32.2 Å². The number of aryl methyl sites for hydroxylation is 1. The third-order valence-corrected chi connectivity index (χ3v) is 4.45. The van der Waals surface area contributed by atoms with Crippen LogP contribution in [0.5, 0.6) is 5.75 Å². The topological polar surface area (TPSA) is 61.9 Å². The van der Waals surface area contributed by atoms with Crippen LogP contribution in [0.3, 0.4) is 0 Å². The molecule has 0 radical (unpaired) electrons. The van der Waals surface area contributed by atoms with Gasteiger partial charge in [0.15, 0.2) is 0 Å². The number of likely N-dealkylation sites (N-methyl/N-ethyl adjacent to an activating group) is 1. The number of ether oxygens (including phenoxy) is 1. The second kappa shape index (κ2) is 8.15. The average Bonchev–Trinajstić information content (AvgIpc) is 2.96. The molecule has 2 rings (SSSR count). The first-order valence-electron chi connectivity index (χ1n) is 8.37. The van der Waals surface area contributed by atoms with Crippen molar-refractivity contribution in [2.45, 2.75) is 20.3 Å². The Morgan fingerprint density at radius 1 is 1.46 bits per heavy atom. The van der Waals surface area contributed by atoms with Gasteiger partial charge < -0.3 is 19.9 Å². The van der Waals surface area contributed by atoms with Crippen LogP contribution >= 0.6 is 0 Å². The van der Waals surface area contributed by atoms with E-state index in [9.17, 15) is 9.59 Å². The highest BCUT2D eigenvalue weighted by Gasteiger charge is 2.36. The van der Waals surface area contributed by atoms with Crippen molar-refractivity contribution in [3.05, 3.63) is 23.8 Å². The number of hydrogen-bond acceptors (Lipinski definition) is 4. The molecule has 1 aliphatic rings. The van der Waals surface area contributed by atoms with Crippen molar-refractivity contribution in [2.75, 3.05) is 45.2 Å². The van der Waals surface area contributed by atoms with Gasteiger partial charge in [-0.05, 0) is 38.2 Å². The average molecular weight is 333 g/mol. The van der Waals surface area contributed by atoms with Crippen molar-refractivity contribution in [2.24, 2.45) is 5.92 Å². The molecule has 132 valence electrons. The van der Waals surface area contributed by atoms with Gasteiger partial charge in [0.1, 0.15) is 5.75 Å². The van der Waals surface area contributed by atoms with E-state index in [0.717, 1.165) is 24.3 Å². The molecule has 6 nitrogen and oxygen atoms in total. The fraction of sp³-hybridized carbons (Fsp3) is 0.556. The summed E-state index contributed by atoms with van der Waals surface area (Å²) in [4.78, 5) is 28.5. The zero-order chi connectivity index (χ0) is 17.7. The van der Waals surface area contributed by atoms with Crippen LogP contribution in [-0.4, -0.2) is 57.1 Å². The Balaban J connectivity index is 2.00. The molecule has 0 saturated carbocycles. The van der Waals surface area contributed by atoms with Crippen LogP contribution in [0.4, 0.5) is 5.69 Å². The summed E-state index contributed by atoms with van der Waals surface area (Å²) in [6.07, 6.45) is 0.243. The minimum absolute atomic E-state index is 0.0373. The molecule has 1 fully saturated rings. The summed E-state index contributed by atoms with van der Waals surface area (Å²) in [7, 11) is 3.60. The molecule has 1 aromatic rings. The zero-order valence-corrected chi connectivity index (χ0v) is 15.0. The van der Waals surface area contributed by atoms with Crippen molar-refractivity contribution in [1.29, 1.82) is 0 Å². The monoisotopic (exact) mass is 333 g/mol. The molecule has 1 aliphatic heterocycles. The highest BCUT2D eigenvalue weighted by Crippen LogP contribution is 2.33. The molecule has 0 unspecified atom stereocenters. The molecule has 24 heavy (non-hydrogen) atoms. The Kier molecular flexibility index (Phi) is 6.20. The van der Waals surface area contributed by atoms with Crippen molar-refractivity contribution in [3.63, 3.8) is 0 Å². The number of amides is 2. The molecule has 0 aromatic heterocycles. The minimum atomic E-state index is -0.311. The molecule has 0 spiro atoms. The normalized spacial score (nSPS) is 17.5. The number of nitrogens with zero attached hydrogens (tertiary/aromatic N) is 2. The Morgan fingerprint density at radius 2 is 2.21 bits per heavy atom. The molecule has 2 amide bonds. The predicted octanol–water partition coefficient (Wildman–Crippen LogP) is 1.42. The lowest BCUT2D eigenvalue weighted by atomic mass is 10.1. The quantitative estimate of drug-likeness (QED) is 0.820. The molecule has 6 heteroatoms. The van der Waals surface area contributed by atoms with Gasteiger partial charge in [-0.1, -0.05) is 13.0 Å². The maximum Gasteiger partial charge on any atom is 0.227 e. The maximum atomic E-state index is 12.4. The summed E-state index contributed by atoms with van der Waals surface area (Å²) in [5.74, 6) is 0.251. The Morgan fingerprint density at radius 3 is 2.88 bits per heavy atom. The SMILES string of the molecule is CCN(C)CCNC(=O)[C@H]1CC(=O)N(c2cc(C)ccc2OC)C1. The van der Waals surface area contributed by atoms with E-state index in [-0.39, 0.29) is 24.2 Å². The van der Waals surface area contributed by atoms with Crippen molar-refractivity contribution in [3.8, 4) is 5.75 Å². The van der Waals surface area contributed by atoms with E-state index in [1.54, 1.807) is 12.0 Å². The lowest BCUT2D eigenvalue weighted by Crippen LogP contribution is -2.37. The van der Waals surface area contributed by atoms with E-state index in [0.29, 0.717) is 18.8 Å². The van der Waals surface area contributed by atoms with Crippen LogP contribution in [0.1, 0.15) is 18.9 Å². The molecule has 1 saturated heterocycles. The van der Waals surface area contributed by atoms with Crippen molar-refractivity contribution >= 4 is 17.5 Å². The van der Waals surface area contributed by atoms with Gasteiger partial charge in [-0.15, -0.1) is 0 Å². The van der Waals surface area contributed by atoms with Gasteiger partial charge in [0.2, 0.25) is 11.8 Å². The van der Waals surface area contributed by atoms with Gasteiger partial charge in [0.25, 0.3) is 0 Å². The minimum Gasteiger partial charge on any atom is -0.495 e. The molecule has 1 heterocycles. The fourth-order valence-corrected chi connectivity index (χ4v) is 2.80. The summed E-state index contributed by atoms with van der Waals surface area (Å²) in [5, 5.41) is 2.93. The number of nitrogens with one attached hydrogen (secondary N) is 1. The van der Waals surface area contributed by atoms with Crippen LogP contribution in [-0.2, 0) is 9.59 Å².